The van der Waals surface area contributed by atoms with Gasteiger partial charge in [-0.2, -0.15) is 0 Å². The van der Waals surface area contributed by atoms with Crippen molar-refractivity contribution in [3.63, 3.8) is 0 Å². The van der Waals surface area contributed by atoms with Gasteiger partial charge >= 0.3 is 11.9 Å². The Kier molecular flexibility index (Phi) is 5.36. The Bertz CT molecular complexity index is 610. The maximum atomic E-state index is 12.1. The third-order valence-corrected chi connectivity index (χ3v) is 3.91. The molecule has 0 saturated carbocycles. The molecule has 8 heteroatoms. The maximum Gasteiger partial charge on any atom is 0.359 e. The molecule has 0 radical (unpaired) electrons. The largest absolute Gasteiger partial charge is 0.464 e. The van der Waals surface area contributed by atoms with E-state index in [2.05, 4.69) is 16.6 Å². The Morgan fingerprint density at radius 2 is 2.00 bits per heavy atom. The van der Waals surface area contributed by atoms with Gasteiger partial charge in [0.25, 0.3) is 0 Å². The molecule has 8 nitrogen and oxygen atoms in total. The number of aromatic nitrogens is 2. The molecule has 1 fully saturated rings. The third-order valence-electron chi connectivity index (χ3n) is 3.91. The molecule has 1 atom stereocenters. The van der Waals surface area contributed by atoms with Crippen LogP contribution in [-0.4, -0.2) is 53.1 Å². The zero-order valence-corrected chi connectivity index (χ0v) is 13.6. The van der Waals surface area contributed by atoms with Crippen molar-refractivity contribution >= 4 is 17.8 Å². The number of rotatable bonds is 6. The number of likely N-dealkylation sites (tertiary alicyclic amines) is 1. The van der Waals surface area contributed by atoms with E-state index in [4.69, 9.17) is 4.74 Å². The second kappa shape index (κ2) is 7.26. The van der Waals surface area contributed by atoms with E-state index in [0.717, 1.165) is 12.8 Å². The van der Waals surface area contributed by atoms with Crippen LogP contribution in [0.2, 0.25) is 0 Å². The van der Waals surface area contributed by atoms with E-state index in [-0.39, 0.29) is 24.0 Å². The normalized spacial score (nSPS) is 17.4. The Morgan fingerprint density at radius 3 is 2.61 bits per heavy atom. The summed E-state index contributed by atoms with van der Waals surface area (Å²) in [5.74, 6) is -1.05. The molecular formula is C15H21N3O5. The Balaban J connectivity index is 2.23. The molecular weight excluding hydrogens is 302 g/mol. The number of carbonyl (C=O) groups excluding carboxylic acids is 3. The number of ether oxygens (including phenoxy) is 2. The molecule has 23 heavy (non-hydrogen) atoms. The number of hydrogen-bond acceptors (Lipinski definition) is 6. The molecule has 1 saturated heterocycles. The van der Waals surface area contributed by atoms with Crippen LogP contribution in [0.1, 0.15) is 47.2 Å². The number of hydrogen-bond donors (Lipinski definition) is 0. The number of carbonyl (C=O) groups is 3. The number of imidazole rings is 1. The fraction of sp³-hybridized carbons (Fsp3) is 0.600. The summed E-state index contributed by atoms with van der Waals surface area (Å²) < 4.78 is 10.8. The highest BCUT2D eigenvalue weighted by atomic mass is 16.5. The van der Waals surface area contributed by atoms with Crippen LogP contribution in [0.25, 0.3) is 0 Å². The van der Waals surface area contributed by atoms with E-state index in [9.17, 15) is 14.4 Å². The molecule has 0 aromatic carbocycles. The topological polar surface area (TPSA) is 90.7 Å². The van der Waals surface area contributed by atoms with Gasteiger partial charge in [-0.3, -0.25) is 4.79 Å². The molecule has 1 amide bonds. The van der Waals surface area contributed by atoms with Crippen LogP contribution in [0, 0.1) is 5.92 Å². The molecule has 1 aliphatic rings. The van der Waals surface area contributed by atoms with Gasteiger partial charge in [0, 0.05) is 13.0 Å². The van der Waals surface area contributed by atoms with Crippen molar-refractivity contribution in [2.75, 3.05) is 20.8 Å². The van der Waals surface area contributed by atoms with Gasteiger partial charge in [0.05, 0.1) is 27.2 Å². The summed E-state index contributed by atoms with van der Waals surface area (Å²) in [7, 11) is 2.43. The first-order chi connectivity index (χ1) is 11.0. The van der Waals surface area contributed by atoms with Crippen LogP contribution >= 0.6 is 0 Å². The van der Waals surface area contributed by atoms with Crippen molar-refractivity contribution in [1.29, 1.82) is 0 Å². The van der Waals surface area contributed by atoms with E-state index in [0.29, 0.717) is 18.9 Å². The molecule has 0 aliphatic carbocycles. The Hall–Kier alpha value is -2.38. The smallest absolute Gasteiger partial charge is 0.359 e. The summed E-state index contributed by atoms with van der Waals surface area (Å²) in [6, 6.07) is 0. The molecule has 0 spiro atoms. The zero-order valence-electron chi connectivity index (χ0n) is 13.6. The minimum atomic E-state index is -0.722. The van der Waals surface area contributed by atoms with Gasteiger partial charge in [-0.25, -0.2) is 14.6 Å². The predicted octanol–water partition coefficient (Wildman–Crippen LogP) is 1.06. The Labute approximate surface area is 134 Å². The number of nitrogens with zero attached hydrogens (tertiary/aromatic N) is 3. The van der Waals surface area contributed by atoms with Crippen molar-refractivity contribution < 1.29 is 23.9 Å². The van der Waals surface area contributed by atoms with Crippen LogP contribution in [-0.2, 0) is 20.9 Å². The second-order valence-electron chi connectivity index (χ2n) is 5.51. The minimum absolute atomic E-state index is 0.00825. The summed E-state index contributed by atoms with van der Waals surface area (Å²) in [4.78, 5) is 41.4. The van der Waals surface area contributed by atoms with Crippen LogP contribution in [0.5, 0.6) is 0 Å². The summed E-state index contributed by atoms with van der Waals surface area (Å²) in [5.41, 5.74) is -0.123. The fourth-order valence-corrected chi connectivity index (χ4v) is 2.82. The van der Waals surface area contributed by atoms with Crippen LogP contribution in [0.3, 0.4) is 0 Å². The summed E-state index contributed by atoms with van der Waals surface area (Å²) in [6.07, 6.45) is 3.87. The summed E-state index contributed by atoms with van der Waals surface area (Å²) in [6.45, 7) is 2.88. The van der Waals surface area contributed by atoms with Gasteiger partial charge in [0.15, 0.2) is 11.4 Å². The Morgan fingerprint density at radius 1 is 1.30 bits per heavy atom. The lowest BCUT2D eigenvalue weighted by Crippen LogP contribution is -2.29. The van der Waals surface area contributed by atoms with Crippen molar-refractivity contribution in [1.82, 2.24) is 14.5 Å². The first-order valence-electron chi connectivity index (χ1n) is 7.51. The highest BCUT2D eigenvalue weighted by molar-refractivity contribution is 6.00. The molecule has 1 aromatic heterocycles. The molecule has 0 bridgehead atoms. The van der Waals surface area contributed by atoms with Gasteiger partial charge in [-0.05, 0) is 12.3 Å². The SMILES string of the molecule is CCCC1CC(=O)N(Cn2cnc(C(=O)OC)c2C(=O)OC)C1. The monoisotopic (exact) mass is 323 g/mol. The van der Waals surface area contributed by atoms with E-state index in [1.807, 2.05) is 0 Å². The molecule has 1 aliphatic heterocycles. The first kappa shape index (κ1) is 17.0. The third kappa shape index (κ3) is 3.52. The van der Waals surface area contributed by atoms with Gasteiger partial charge in [-0.15, -0.1) is 0 Å². The molecule has 0 N–H and O–H groups in total. The van der Waals surface area contributed by atoms with Crippen LogP contribution < -0.4 is 0 Å². The van der Waals surface area contributed by atoms with Crippen LogP contribution in [0.4, 0.5) is 0 Å². The van der Waals surface area contributed by atoms with Crippen molar-refractivity contribution in [3.05, 3.63) is 17.7 Å². The summed E-state index contributed by atoms with van der Waals surface area (Å²) >= 11 is 0. The molecule has 1 aromatic rings. The van der Waals surface area contributed by atoms with E-state index in [1.54, 1.807) is 4.90 Å². The van der Waals surface area contributed by atoms with Crippen LogP contribution in [0.15, 0.2) is 6.33 Å². The zero-order chi connectivity index (χ0) is 17.0. The lowest BCUT2D eigenvalue weighted by atomic mass is 10.0. The lowest BCUT2D eigenvalue weighted by Gasteiger charge is -2.18. The van der Waals surface area contributed by atoms with Crippen molar-refractivity contribution in [3.8, 4) is 0 Å². The van der Waals surface area contributed by atoms with Gasteiger partial charge < -0.3 is 18.9 Å². The molecule has 1 unspecified atom stereocenters. The fourth-order valence-electron chi connectivity index (χ4n) is 2.82. The quantitative estimate of drug-likeness (QED) is 0.727. The number of methoxy groups -OCH3 is 2. The number of amides is 1. The maximum absolute atomic E-state index is 12.1. The molecule has 126 valence electrons. The van der Waals surface area contributed by atoms with E-state index < -0.39 is 11.9 Å². The lowest BCUT2D eigenvalue weighted by molar-refractivity contribution is -0.129. The standard InChI is InChI=1S/C15H21N3O5/c1-4-5-10-6-11(19)17(7-10)9-18-8-16-12(14(20)22-2)13(18)15(21)23-3/h8,10H,4-7,9H2,1-3H3. The minimum Gasteiger partial charge on any atom is -0.464 e. The van der Waals surface area contributed by atoms with Gasteiger partial charge in [0.2, 0.25) is 5.91 Å². The van der Waals surface area contributed by atoms with Gasteiger partial charge in [-0.1, -0.05) is 13.3 Å². The first-order valence-corrected chi connectivity index (χ1v) is 7.51. The van der Waals surface area contributed by atoms with Gasteiger partial charge in [0.1, 0.15) is 0 Å². The molecule has 2 rings (SSSR count). The second-order valence-corrected chi connectivity index (χ2v) is 5.51. The average molecular weight is 323 g/mol. The van der Waals surface area contributed by atoms with E-state index >= 15 is 0 Å². The van der Waals surface area contributed by atoms with Crippen molar-refractivity contribution in [2.45, 2.75) is 32.9 Å². The highest BCUT2D eigenvalue weighted by Crippen LogP contribution is 2.23. The average Bonchev–Trinajstić information content (AvgIpc) is 3.10. The van der Waals surface area contributed by atoms with Crippen molar-refractivity contribution in [2.24, 2.45) is 5.92 Å². The predicted molar refractivity (Wildman–Crippen MR) is 79.6 cm³/mol. The summed E-state index contributed by atoms with van der Waals surface area (Å²) in [5, 5.41) is 0. The number of esters is 2. The highest BCUT2D eigenvalue weighted by Gasteiger charge is 2.31. The molecule has 2 heterocycles. The van der Waals surface area contributed by atoms with E-state index in [1.165, 1.54) is 25.1 Å².